The zero-order valence-electron chi connectivity index (χ0n) is 14.9. The summed E-state index contributed by atoms with van der Waals surface area (Å²) in [7, 11) is 0. The van der Waals surface area contributed by atoms with Gasteiger partial charge in [-0.2, -0.15) is 5.26 Å². The van der Waals surface area contributed by atoms with E-state index in [2.05, 4.69) is 6.07 Å². The SMILES string of the molecule is N#Cc1ccc(N2C(=O)[C@H]3[C@H]4O[C@](CCO)(C[C@@H]4O)[C@H]3C2=O)c2ccccc12. The number of rotatable bonds is 3. The normalized spacial score (nSPS) is 33.5. The van der Waals surface area contributed by atoms with Gasteiger partial charge in [0.05, 0.1) is 47.0 Å². The van der Waals surface area contributed by atoms with Crippen LogP contribution in [0.25, 0.3) is 10.8 Å². The highest BCUT2D eigenvalue weighted by Gasteiger charge is 2.72. The number of benzene rings is 2. The minimum Gasteiger partial charge on any atom is -0.396 e. The fraction of sp³-hybridized carbons (Fsp3) is 0.381. The lowest BCUT2D eigenvalue weighted by atomic mass is 9.70. The van der Waals surface area contributed by atoms with Gasteiger partial charge in [-0.05, 0) is 12.1 Å². The second-order valence-corrected chi connectivity index (χ2v) is 7.70. The minimum absolute atomic E-state index is 0.191. The summed E-state index contributed by atoms with van der Waals surface area (Å²) in [5, 5.41) is 30.5. The van der Waals surface area contributed by atoms with E-state index in [9.17, 15) is 25.1 Å². The van der Waals surface area contributed by atoms with Crippen LogP contribution in [0, 0.1) is 23.2 Å². The number of nitriles is 1. The molecule has 2 aromatic carbocycles. The molecule has 0 saturated carbocycles. The van der Waals surface area contributed by atoms with Crippen LogP contribution in [0.15, 0.2) is 36.4 Å². The highest BCUT2D eigenvalue weighted by atomic mass is 16.5. The van der Waals surface area contributed by atoms with Gasteiger partial charge in [0.15, 0.2) is 0 Å². The number of aliphatic hydroxyl groups is 2. The zero-order chi connectivity index (χ0) is 19.6. The van der Waals surface area contributed by atoms with Crippen LogP contribution >= 0.6 is 0 Å². The first-order valence-electron chi connectivity index (χ1n) is 9.29. The Morgan fingerprint density at radius 3 is 2.64 bits per heavy atom. The summed E-state index contributed by atoms with van der Waals surface area (Å²) in [6.07, 6.45) is -1.13. The van der Waals surface area contributed by atoms with Crippen LogP contribution in [0.5, 0.6) is 0 Å². The van der Waals surface area contributed by atoms with E-state index >= 15 is 0 Å². The van der Waals surface area contributed by atoms with Gasteiger partial charge in [0.25, 0.3) is 0 Å². The predicted molar refractivity (Wildman–Crippen MR) is 98.1 cm³/mol. The average molecular weight is 378 g/mol. The third kappa shape index (κ3) is 2.02. The Hall–Kier alpha value is -2.79. The summed E-state index contributed by atoms with van der Waals surface area (Å²) in [5.41, 5.74) is -0.103. The highest BCUT2D eigenvalue weighted by molar-refractivity contribution is 6.26. The van der Waals surface area contributed by atoms with Gasteiger partial charge in [-0.15, -0.1) is 0 Å². The third-order valence-electron chi connectivity index (χ3n) is 6.37. The molecule has 0 unspecified atom stereocenters. The molecule has 7 heteroatoms. The summed E-state index contributed by atoms with van der Waals surface area (Å²) < 4.78 is 5.91. The van der Waals surface area contributed by atoms with Crippen molar-refractivity contribution in [2.24, 2.45) is 11.8 Å². The van der Waals surface area contributed by atoms with Crippen molar-refractivity contribution in [3.05, 3.63) is 42.0 Å². The topological polar surface area (TPSA) is 111 Å². The molecule has 142 valence electrons. The Morgan fingerprint density at radius 2 is 1.93 bits per heavy atom. The second-order valence-electron chi connectivity index (χ2n) is 7.70. The van der Waals surface area contributed by atoms with Gasteiger partial charge in [-0.1, -0.05) is 24.3 Å². The molecule has 2 aromatic rings. The molecule has 3 saturated heterocycles. The maximum atomic E-state index is 13.4. The summed E-state index contributed by atoms with van der Waals surface area (Å²) in [5.74, 6) is -2.23. The van der Waals surface area contributed by atoms with Crippen molar-refractivity contribution in [3.63, 3.8) is 0 Å². The molecule has 7 nitrogen and oxygen atoms in total. The number of imide groups is 1. The molecule has 28 heavy (non-hydrogen) atoms. The number of hydrogen-bond donors (Lipinski definition) is 2. The molecular weight excluding hydrogens is 360 g/mol. The monoisotopic (exact) mass is 378 g/mol. The number of ether oxygens (including phenoxy) is 1. The first-order chi connectivity index (χ1) is 13.5. The number of amides is 2. The van der Waals surface area contributed by atoms with Crippen molar-refractivity contribution >= 4 is 28.3 Å². The predicted octanol–water partition coefficient (Wildman–Crippen LogP) is 1.10. The van der Waals surface area contributed by atoms with Crippen molar-refractivity contribution in [2.45, 2.75) is 30.7 Å². The summed E-state index contributed by atoms with van der Waals surface area (Å²) in [6.45, 7) is -0.191. The fourth-order valence-electron chi connectivity index (χ4n) is 5.27. The lowest BCUT2D eigenvalue weighted by molar-refractivity contribution is -0.128. The lowest BCUT2D eigenvalue weighted by Crippen LogP contribution is -2.45. The van der Waals surface area contributed by atoms with E-state index in [0.29, 0.717) is 22.0 Å². The molecule has 3 aliphatic heterocycles. The van der Waals surface area contributed by atoms with E-state index in [-0.39, 0.29) is 25.4 Å². The third-order valence-corrected chi connectivity index (χ3v) is 6.37. The van der Waals surface area contributed by atoms with Gasteiger partial charge in [-0.25, -0.2) is 4.90 Å². The van der Waals surface area contributed by atoms with Crippen molar-refractivity contribution in [1.82, 2.24) is 0 Å². The molecule has 2 amide bonds. The Kier molecular flexibility index (Phi) is 3.62. The molecule has 5 atom stereocenters. The zero-order valence-corrected chi connectivity index (χ0v) is 14.9. The maximum absolute atomic E-state index is 13.4. The molecule has 2 N–H and O–H groups in total. The van der Waals surface area contributed by atoms with Crippen molar-refractivity contribution in [2.75, 3.05) is 11.5 Å². The number of carbonyl (C=O) groups excluding carboxylic acids is 2. The van der Waals surface area contributed by atoms with E-state index in [1.807, 2.05) is 0 Å². The fourth-order valence-corrected chi connectivity index (χ4v) is 5.27. The summed E-state index contributed by atoms with van der Waals surface area (Å²) in [4.78, 5) is 27.8. The van der Waals surface area contributed by atoms with Crippen LogP contribution in [0.1, 0.15) is 18.4 Å². The average Bonchev–Trinajstić information content (AvgIpc) is 3.28. The van der Waals surface area contributed by atoms with E-state index in [4.69, 9.17) is 4.74 Å². The Balaban J connectivity index is 1.65. The molecule has 0 spiro atoms. The molecule has 2 bridgehead atoms. The molecule has 0 aromatic heterocycles. The second kappa shape index (κ2) is 5.85. The van der Waals surface area contributed by atoms with Gasteiger partial charge in [0.1, 0.15) is 0 Å². The van der Waals surface area contributed by atoms with Gasteiger partial charge in [0, 0.05) is 30.2 Å². The smallest absolute Gasteiger partial charge is 0.240 e. The van der Waals surface area contributed by atoms with Crippen molar-refractivity contribution < 1.29 is 24.5 Å². The van der Waals surface area contributed by atoms with Crippen LogP contribution < -0.4 is 4.90 Å². The highest BCUT2D eigenvalue weighted by Crippen LogP contribution is 2.57. The Bertz CT molecular complexity index is 1060. The minimum atomic E-state index is -1.01. The number of aliphatic hydroxyl groups excluding tert-OH is 2. The molecule has 3 fully saturated rings. The molecule has 5 rings (SSSR count). The van der Waals surface area contributed by atoms with Gasteiger partial charge in [-0.3, -0.25) is 9.59 Å². The molecule has 3 heterocycles. The number of nitrogens with zero attached hydrogens (tertiary/aromatic N) is 2. The standard InChI is InChI=1S/C21H18N2O5/c22-10-11-5-6-14(13-4-2-1-3-12(11)13)23-19(26)16-17(20(23)27)21(7-8-24)9-15(25)18(16)28-21/h1-6,15-18,24-25H,7-9H2/t15-,16+,17+,18-,21+/m0/s1. The molecule has 3 aliphatic rings. The molecule has 0 radical (unpaired) electrons. The Morgan fingerprint density at radius 1 is 1.18 bits per heavy atom. The number of fused-ring (bicyclic) bond motifs is 6. The van der Waals surface area contributed by atoms with Crippen LogP contribution in [-0.2, 0) is 14.3 Å². The van der Waals surface area contributed by atoms with E-state index in [1.165, 1.54) is 4.90 Å². The van der Waals surface area contributed by atoms with E-state index in [1.54, 1.807) is 36.4 Å². The van der Waals surface area contributed by atoms with Crippen LogP contribution in [-0.4, -0.2) is 46.4 Å². The first kappa shape index (κ1) is 17.3. The first-order valence-corrected chi connectivity index (χ1v) is 9.29. The maximum Gasteiger partial charge on any atom is 0.240 e. The van der Waals surface area contributed by atoms with Crippen LogP contribution in [0.4, 0.5) is 5.69 Å². The van der Waals surface area contributed by atoms with Gasteiger partial charge >= 0.3 is 0 Å². The van der Waals surface area contributed by atoms with E-state index in [0.717, 1.165) is 0 Å². The molecular formula is C21H18N2O5. The van der Waals surface area contributed by atoms with Crippen LogP contribution in [0.3, 0.4) is 0 Å². The number of carbonyl (C=O) groups is 2. The summed E-state index contributed by atoms with van der Waals surface area (Å²) in [6, 6.07) is 12.5. The summed E-state index contributed by atoms with van der Waals surface area (Å²) >= 11 is 0. The van der Waals surface area contributed by atoms with Gasteiger partial charge in [0.2, 0.25) is 11.8 Å². The number of anilines is 1. The van der Waals surface area contributed by atoms with Crippen molar-refractivity contribution in [1.29, 1.82) is 5.26 Å². The number of hydrogen-bond acceptors (Lipinski definition) is 6. The lowest BCUT2D eigenvalue weighted by Gasteiger charge is -2.31. The van der Waals surface area contributed by atoms with Gasteiger partial charge < -0.3 is 14.9 Å². The van der Waals surface area contributed by atoms with Crippen molar-refractivity contribution in [3.8, 4) is 6.07 Å². The Labute approximate surface area is 160 Å². The molecule has 0 aliphatic carbocycles. The quantitative estimate of drug-likeness (QED) is 0.774. The largest absolute Gasteiger partial charge is 0.396 e. The van der Waals surface area contributed by atoms with Crippen LogP contribution in [0.2, 0.25) is 0 Å². The van der Waals surface area contributed by atoms with E-state index < -0.39 is 35.6 Å².